The Morgan fingerprint density at radius 1 is 0.256 bits per heavy atom. The average molecular weight is 1170 g/mol. The number of hydrogen-bond donors (Lipinski definition) is 0. The lowest BCUT2D eigenvalue weighted by Crippen LogP contribution is -1.94. The lowest BCUT2D eigenvalue weighted by Gasteiger charge is -2.05. The standard InChI is InChI=1S/4C12H11ClN2O.C9H6Cl2N2O/c2*1-16-8-4-5-9-10(6-8)14-11(7-2-3-7)12(13)15-9;2*1-16-8-4-5-9-10(6-8)15-12(13)11(14-9)7-2-3-7;1-14-5-2-3-6-7(4-5)13-9(11)8(10)12-6/h4*4-7H,2-3H2,1H3;2-4H,1H3. The van der Waals surface area contributed by atoms with Gasteiger partial charge in [-0.1, -0.05) is 69.6 Å². The van der Waals surface area contributed by atoms with Crippen molar-refractivity contribution >= 4 is 125 Å². The van der Waals surface area contributed by atoms with E-state index in [0.717, 1.165) is 89.9 Å². The molecule has 78 heavy (non-hydrogen) atoms. The fraction of sp³-hybridized carbons (Fsp3) is 0.298. The minimum atomic E-state index is 0.201. The van der Waals surface area contributed by atoms with Crippen LogP contribution in [0, 0.1) is 0 Å². The Morgan fingerprint density at radius 2 is 0.436 bits per heavy atom. The van der Waals surface area contributed by atoms with Crippen LogP contribution in [-0.2, 0) is 0 Å². The SMILES string of the molecule is COc1ccc2nc(C3CC3)c(Cl)nc2c1.COc1ccc2nc(C3CC3)c(Cl)nc2c1.COc1ccc2nc(Cl)c(C3CC3)nc2c1.COc1ccc2nc(Cl)c(C3CC3)nc2c1.COc1ccc2nc(Cl)c(Cl)nc2c1. The highest BCUT2D eigenvalue weighted by atomic mass is 35.5. The number of benzene rings is 5. The van der Waals surface area contributed by atoms with Crippen molar-refractivity contribution in [3.63, 3.8) is 0 Å². The molecule has 15 nitrogen and oxygen atoms in total. The van der Waals surface area contributed by atoms with E-state index < -0.39 is 0 Å². The summed E-state index contributed by atoms with van der Waals surface area (Å²) in [5.41, 5.74) is 11.8. The Kier molecular flexibility index (Phi) is 17.1. The molecule has 4 saturated carbocycles. The molecule has 5 aromatic carbocycles. The number of methoxy groups -OCH3 is 5. The van der Waals surface area contributed by atoms with Gasteiger partial charge in [-0.3, -0.25) is 0 Å². The minimum absolute atomic E-state index is 0.201. The van der Waals surface area contributed by atoms with Crippen LogP contribution in [0.1, 0.15) is 97.8 Å². The van der Waals surface area contributed by atoms with Crippen LogP contribution in [0.5, 0.6) is 28.7 Å². The number of halogens is 6. The van der Waals surface area contributed by atoms with Gasteiger partial charge in [0.2, 0.25) is 0 Å². The van der Waals surface area contributed by atoms with E-state index in [2.05, 4.69) is 49.8 Å². The quantitative estimate of drug-likeness (QED) is 0.133. The molecule has 21 heteroatoms. The summed E-state index contributed by atoms with van der Waals surface area (Å²) >= 11 is 35.9. The smallest absolute Gasteiger partial charge is 0.167 e. The number of nitrogens with zero attached hydrogens (tertiary/aromatic N) is 10. The van der Waals surface area contributed by atoms with Crippen LogP contribution in [0.3, 0.4) is 0 Å². The Hall–Kier alpha value is -6.46. The molecule has 10 aromatic rings. The number of hydrogen-bond acceptors (Lipinski definition) is 15. The summed E-state index contributed by atoms with van der Waals surface area (Å²) in [5.74, 6) is 5.92. The number of aromatic nitrogens is 10. The minimum Gasteiger partial charge on any atom is -0.497 e. The second kappa shape index (κ2) is 24.3. The Balaban J connectivity index is 0.000000110. The molecule has 0 radical (unpaired) electrons. The van der Waals surface area contributed by atoms with Crippen molar-refractivity contribution in [3.8, 4) is 28.7 Å². The molecule has 5 aromatic heterocycles. The molecule has 4 fully saturated rings. The van der Waals surface area contributed by atoms with Gasteiger partial charge in [0.25, 0.3) is 0 Å². The molecular weight excluding hydrogens is 1120 g/mol. The first-order chi connectivity index (χ1) is 37.8. The van der Waals surface area contributed by atoms with Crippen molar-refractivity contribution < 1.29 is 23.7 Å². The van der Waals surface area contributed by atoms with E-state index in [4.69, 9.17) is 93.3 Å². The van der Waals surface area contributed by atoms with Crippen LogP contribution >= 0.6 is 69.6 Å². The zero-order chi connectivity index (χ0) is 54.6. The summed E-state index contributed by atoms with van der Waals surface area (Å²) in [4.78, 5) is 43.9. The van der Waals surface area contributed by atoms with Gasteiger partial charge in [-0.05, 0) is 112 Å². The van der Waals surface area contributed by atoms with Gasteiger partial charge in [-0.15, -0.1) is 0 Å². The van der Waals surface area contributed by atoms with Crippen molar-refractivity contribution in [2.45, 2.75) is 75.0 Å². The fourth-order valence-corrected chi connectivity index (χ4v) is 9.61. The second-order valence-electron chi connectivity index (χ2n) is 18.8. The monoisotopic (exact) mass is 1160 g/mol. The molecule has 0 amide bonds. The first-order valence-electron chi connectivity index (χ1n) is 25.0. The third kappa shape index (κ3) is 13.3. The summed E-state index contributed by atoms with van der Waals surface area (Å²) in [7, 11) is 8.15. The van der Waals surface area contributed by atoms with Crippen LogP contribution in [0.25, 0.3) is 55.2 Å². The molecule has 0 saturated heterocycles. The molecule has 14 rings (SSSR count). The van der Waals surface area contributed by atoms with Gasteiger partial charge in [-0.25, -0.2) is 49.8 Å². The Morgan fingerprint density at radius 3 is 0.667 bits per heavy atom. The van der Waals surface area contributed by atoms with Crippen LogP contribution in [0.2, 0.25) is 30.9 Å². The highest BCUT2D eigenvalue weighted by Crippen LogP contribution is 2.45. The maximum atomic E-state index is 6.12. The van der Waals surface area contributed by atoms with Gasteiger partial charge in [0.15, 0.2) is 30.9 Å². The number of ether oxygens (including phenoxy) is 5. The molecular formula is C57H50Cl6N10O5. The van der Waals surface area contributed by atoms with E-state index in [9.17, 15) is 0 Å². The summed E-state index contributed by atoms with van der Waals surface area (Å²) < 4.78 is 25.7. The number of rotatable bonds is 9. The van der Waals surface area contributed by atoms with Gasteiger partial charge in [0.05, 0.1) is 113 Å². The van der Waals surface area contributed by atoms with E-state index in [-0.39, 0.29) is 10.3 Å². The predicted molar refractivity (Wildman–Crippen MR) is 308 cm³/mol. The summed E-state index contributed by atoms with van der Waals surface area (Å²) in [6, 6.07) is 27.9. The van der Waals surface area contributed by atoms with Gasteiger partial charge >= 0.3 is 0 Å². The summed E-state index contributed by atoms with van der Waals surface area (Å²) in [6.45, 7) is 0. The molecule has 4 aliphatic carbocycles. The second-order valence-corrected chi connectivity index (χ2v) is 20.9. The molecule has 5 heterocycles. The van der Waals surface area contributed by atoms with E-state index in [1.807, 2.05) is 72.8 Å². The molecule has 4 aliphatic rings. The van der Waals surface area contributed by atoms with Gasteiger partial charge in [0, 0.05) is 54.0 Å². The lowest BCUT2D eigenvalue weighted by atomic mass is 10.2. The van der Waals surface area contributed by atoms with Crippen molar-refractivity contribution in [3.05, 3.63) is 145 Å². The zero-order valence-electron chi connectivity index (χ0n) is 42.9. The van der Waals surface area contributed by atoms with Gasteiger partial charge < -0.3 is 23.7 Å². The van der Waals surface area contributed by atoms with Crippen LogP contribution in [0.15, 0.2) is 91.0 Å². The normalized spacial score (nSPS) is 14.5. The third-order valence-electron chi connectivity index (χ3n) is 13.1. The van der Waals surface area contributed by atoms with Crippen molar-refractivity contribution in [1.29, 1.82) is 0 Å². The maximum Gasteiger partial charge on any atom is 0.167 e. The highest BCUT2D eigenvalue weighted by Gasteiger charge is 2.31. The van der Waals surface area contributed by atoms with Crippen molar-refractivity contribution in [2.75, 3.05) is 35.5 Å². The molecule has 0 spiro atoms. The first kappa shape index (κ1) is 54.9. The molecule has 0 atom stereocenters. The maximum absolute atomic E-state index is 6.12. The molecule has 0 N–H and O–H groups in total. The molecule has 0 unspecified atom stereocenters. The van der Waals surface area contributed by atoms with E-state index >= 15 is 0 Å². The van der Waals surface area contributed by atoms with Crippen molar-refractivity contribution in [1.82, 2.24) is 49.8 Å². The van der Waals surface area contributed by atoms with Crippen LogP contribution in [-0.4, -0.2) is 85.4 Å². The third-order valence-corrected chi connectivity index (χ3v) is 14.8. The zero-order valence-corrected chi connectivity index (χ0v) is 47.4. The first-order valence-corrected chi connectivity index (χ1v) is 27.3. The fourth-order valence-electron chi connectivity index (χ4n) is 8.20. The van der Waals surface area contributed by atoms with E-state index in [1.54, 1.807) is 53.7 Å². The largest absolute Gasteiger partial charge is 0.497 e. The van der Waals surface area contributed by atoms with Gasteiger partial charge in [0.1, 0.15) is 28.7 Å². The van der Waals surface area contributed by atoms with Crippen LogP contribution < -0.4 is 23.7 Å². The average Bonchev–Trinajstić information content (AvgIpc) is 4.27. The Labute approximate surface area is 479 Å². The highest BCUT2D eigenvalue weighted by molar-refractivity contribution is 6.40. The van der Waals surface area contributed by atoms with Gasteiger partial charge in [-0.2, -0.15) is 0 Å². The predicted octanol–water partition coefficient (Wildman–Crippen LogP) is 15.6. The Bertz CT molecular complexity index is 3650. The topological polar surface area (TPSA) is 175 Å². The number of fused-ring (bicyclic) bond motifs is 5. The van der Waals surface area contributed by atoms with E-state index in [1.165, 1.54) is 51.4 Å². The van der Waals surface area contributed by atoms with E-state index in [0.29, 0.717) is 61.1 Å². The lowest BCUT2D eigenvalue weighted by molar-refractivity contribution is 0.415. The van der Waals surface area contributed by atoms with Crippen molar-refractivity contribution in [2.24, 2.45) is 0 Å². The van der Waals surface area contributed by atoms with Crippen LogP contribution in [0.4, 0.5) is 0 Å². The molecule has 400 valence electrons. The summed E-state index contributed by atoms with van der Waals surface area (Å²) in [6.07, 6.45) is 9.39. The summed E-state index contributed by atoms with van der Waals surface area (Å²) in [5, 5.41) is 2.56. The molecule has 0 aliphatic heterocycles. The molecule has 0 bridgehead atoms.